The molecule has 2 heteroatoms. The average molecular weight is 282 g/mol. The third kappa shape index (κ3) is 3.10. The van der Waals surface area contributed by atoms with Gasteiger partial charge in [-0.25, -0.2) is 0 Å². The van der Waals surface area contributed by atoms with Crippen LogP contribution in [0, 0.1) is 11.8 Å². The van der Waals surface area contributed by atoms with Gasteiger partial charge in [0.1, 0.15) is 8.24 Å². The Balaban J connectivity index is 2.11. The average Bonchev–Trinajstić information content (AvgIpc) is 2.71. The Bertz CT molecular complexity index is 291. The monoisotopic (exact) mass is 281 g/mol. The normalized spacial score (nSPS) is 32.7. The maximum absolute atomic E-state index is 2.88. The maximum Gasteiger partial charge on any atom is 0.125 e. The van der Waals surface area contributed by atoms with Crippen LogP contribution in [0.25, 0.3) is 0 Å². The van der Waals surface area contributed by atoms with Crippen LogP contribution >= 0.6 is 0 Å². The molecule has 19 heavy (non-hydrogen) atoms. The standard InChI is InChI=1S/C17H35NSi/c1-7-18(17(2,3)4)19(5,6)16-12-14-10-8-9-11-15(14)13-16/h14-16H,7-13H2,1-6H3. The van der Waals surface area contributed by atoms with Crippen molar-refractivity contribution in [1.29, 1.82) is 0 Å². The van der Waals surface area contributed by atoms with E-state index >= 15 is 0 Å². The fourth-order valence-corrected chi connectivity index (χ4v) is 10.0. The fourth-order valence-electron chi connectivity index (χ4n) is 5.28. The van der Waals surface area contributed by atoms with E-state index in [2.05, 4.69) is 45.4 Å². The first-order chi connectivity index (χ1) is 8.76. The number of nitrogens with zero attached hydrogens (tertiary/aromatic N) is 1. The van der Waals surface area contributed by atoms with Crippen molar-refractivity contribution >= 4 is 8.24 Å². The molecule has 0 saturated heterocycles. The van der Waals surface area contributed by atoms with Crippen molar-refractivity contribution in [3.8, 4) is 0 Å². The predicted molar refractivity (Wildman–Crippen MR) is 88.0 cm³/mol. The molecule has 2 aliphatic carbocycles. The lowest BCUT2D eigenvalue weighted by atomic mass is 9.82. The van der Waals surface area contributed by atoms with Crippen molar-refractivity contribution in [2.75, 3.05) is 6.54 Å². The molecule has 2 unspecified atom stereocenters. The lowest BCUT2D eigenvalue weighted by Gasteiger charge is -2.48. The number of hydrogen-bond donors (Lipinski definition) is 0. The lowest BCUT2D eigenvalue weighted by Crippen LogP contribution is -2.59. The summed E-state index contributed by atoms with van der Waals surface area (Å²) in [5, 5.41) is 0. The van der Waals surface area contributed by atoms with Crippen LogP contribution in [-0.4, -0.2) is 24.9 Å². The molecule has 0 aromatic rings. The van der Waals surface area contributed by atoms with Crippen molar-refractivity contribution in [3.05, 3.63) is 0 Å². The minimum Gasteiger partial charge on any atom is -0.319 e. The molecule has 0 aliphatic heterocycles. The summed E-state index contributed by atoms with van der Waals surface area (Å²) in [6, 6.07) is 0. The van der Waals surface area contributed by atoms with Gasteiger partial charge in [-0.15, -0.1) is 0 Å². The van der Waals surface area contributed by atoms with Crippen LogP contribution in [0.15, 0.2) is 0 Å². The Labute approximate surface area is 122 Å². The van der Waals surface area contributed by atoms with Crippen molar-refractivity contribution in [3.63, 3.8) is 0 Å². The van der Waals surface area contributed by atoms with E-state index < -0.39 is 8.24 Å². The summed E-state index contributed by atoms with van der Waals surface area (Å²) < 4.78 is 2.88. The van der Waals surface area contributed by atoms with Gasteiger partial charge in [-0.3, -0.25) is 0 Å². The topological polar surface area (TPSA) is 3.24 Å². The van der Waals surface area contributed by atoms with E-state index in [1.165, 1.54) is 32.2 Å². The molecule has 112 valence electrons. The molecule has 0 spiro atoms. The highest BCUT2D eigenvalue weighted by Crippen LogP contribution is 2.52. The Morgan fingerprint density at radius 1 is 1.00 bits per heavy atom. The number of fused-ring (bicyclic) bond motifs is 1. The van der Waals surface area contributed by atoms with E-state index in [1.54, 1.807) is 12.8 Å². The molecular weight excluding hydrogens is 246 g/mol. The summed E-state index contributed by atoms with van der Waals surface area (Å²) in [5.74, 6) is 2.17. The summed E-state index contributed by atoms with van der Waals surface area (Å²) in [6.07, 6.45) is 9.19. The molecule has 2 aliphatic rings. The summed E-state index contributed by atoms with van der Waals surface area (Å²) in [4.78, 5) is 0. The van der Waals surface area contributed by atoms with Crippen molar-refractivity contribution < 1.29 is 0 Å². The molecule has 2 atom stereocenters. The highest BCUT2D eigenvalue weighted by Gasteiger charge is 2.47. The van der Waals surface area contributed by atoms with E-state index in [-0.39, 0.29) is 0 Å². The van der Waals surface area contributed by atoms with Crippen LogP contribution < -0.4 is 0 Å². The number of hydrogen-bond acceptors (Lipinski definition) is 1. The minimum atomic E-state index is -1.29. The highest BCUT2D eigenvalue weighted by molar-refractivity contribution is 6.76. The lowest BCUT2D eigenvalue weighted by molar-refractivity contribution is 0.244. The quantitative estimate of drug-likeness (QED) is 0.636. The molecule has 0 radical (unpaired) electrons. The third-order valence-corrected chi connectivity index (χ3v) is 10.9. The molecule has 0 bridgehead atoms. The van der Waals surface area contributed by atoms with Crippen molar-refractivity contribution in [2.24, 2.45) is 11.8 Å². The Hall–Kier alpha value is 0.177. The van der Waals surface area contributed by atoms with Gasteiger partial charge in [0.15, 0.2) is 0 Å². The minimum absolute atomic E-state index is 0.345. The SMILES string of the molecule is CCN(C(C)(C)C)[Si](C)(C)C1CC2CCCCC2C1. The van der Waals surface area contributed by atoms with Crippen LogP contribution in [0.4, 0.5) is 0 Å². The van der Waals surface area contributed by atoms with E-state index in [4.69, 9.17) is 0 Å². The van der Waals surface area contributed by atoms with Gasteiger partial charge in [-0.2, -0.15) is 0 Å². The van der Waals surface area contributed by atoms with E-state index in [1.807, 2.05) is 0 Å². The molecule has 2 rings (SSSR count). The van der Waals surface area contributed by atoms with Gasteiger partial charge >= 0.3 is 0 Å². The van der Waals surface area contributed by atoms with Gasteiger partial charge in [0.2, 0.25) is 0 Å². The Morgan fingerprint density at radius 3 is 1.84 bits per heavy atom. The molecule has 0 heterocycles. The molecule has 2 saturated carbocycles. The molecule has 0 N–H and O–H groups in total. The van der Waals surface area contributed by atoms with Crippen molar-refractivity contribution in [1.82, 2.24) is 4.57 Å². The first-order valence-electron chi connectivity index (χ1n) is 8.54. The second kappa shape index (κ2) is 5.52. The highest BCUT2D eigenvalue weighted by atomic mass is 28.3. The van der Waals surface area contributed by atoms with E-state index in [9.17, 15) is 0 Å². The summed E-state index contributed by atoms with van der Waals surface area (Å²) in [6.45, 7) is 16.1. The Kier molecular flexibility index (Phi) is 4.52. The first kappa shape index (κ1) is 15.6. The van der Waals surface area contributed by atoms with Gasteiger partial charge in [0, 0.05) is 5.54 Å². The van der Waals surface area contributed by atoms with Gasteiger partial charge in [0.05, 0.1) is 0 Å². The molecule has 0 amide bonds. The van der Waals surface area contributed by atoms with E-state index in [0.717, 1.165) is 17.4 Å². The summed E-state index contributed by atoms with van der Waals surface area (Å²) >= 11 is 0. The molecule has 0 aromatic carbocycles. The molecule has 2 fully saturated rings. The molecular formula is C17H35NSi. The fraction of sp³-hybridized carbons (Fsp3) is 1.00. The van der Waals surface area contributed by atoms with Crippen LogP contribution in [0.5, 0.6) is 0 Å². The second-order valence-corrected chi connectivity index (χ2v) is 13.2. The Morgan fingerprint density at radius 2 is 1.47 bits per heavy atom. The maximum atomic E-state index is 2.88. The zero-order valence-electron chi connectivity index (χ0n) is 14.1. The van der Waals surface area contributed by atoms with Crippen LogP contribution in [-0.2, 0) is 0 Å². The zero-order valence-corrected chi connectivity index (χ0v) is 15.1. The van der Waals surface area contributed by atoms with Gasteiger partial charge in [-0.1, -0.05) is 45.7 Å². The van der Waals surface area contributed by atoms with Crippen molar-refractivity contribution in [2.45, 2.75) is 90.4 Å². The van der Waals surface area contributed by atoms with Gasteiger partial charge < -0.3 is 4.57 Å². The second-order valence-electron chi connectivity index (χ2n) is 8.54. The largest absolute Gasteiger partial charge is 0.319 e. The van der Waals surface area contributed by atoms with Gasteiger partial charge in [0.25, 0.3) is 0 Å². The molecule has 0 aromatic heterocycles. The summed E-state index contributed by atoms with van der Waals surface area (Å²) in [5.41, 5.74) is 1.39. The number of rotatable bonds is 3. The zero-order chi connectivity index (χ0) is 14.3. The van der Waals surface area contributed by atoms with E-state index in [0.29, 0.717) is 5.54 Å². The molecule has 1 nitrogen and oxygen atoms in total. The van der Waals surface area contributed by atoms with Crippen LogP contribution in [0.3, 0.4) is 0 Å². The van der Waals surface area contributed by atoms with Crippen LogP contribution in [0.2, 0.25) is 18.6 Å². The van der Waals surface area contributed by atoms with Crippen LogP contribution in [0.1, 0.15) is 66.2 Å². The smallest absolute Gasteiger partial charge is 0.125 e. The first-order valence-corrected chi connectivity index (χ1v) is 11.6. The summed E-state index contributed by atoms with van der Waals surface area (Å²) in [7, 11) is -1.29. The third-order valence-electron chi connectivity index (χ3n) is 6.06. The predicted octanol–water partition coefficient (Wildman–Crippen LogP) is 5.28. The van der Waals surface area contributed by atoms with Gasteiger partial charge in [-0.05, 0) is 57.5 Å².